The number of aromatic nitrogens is 2. The van der Waals surface area contributed by atoms with Crippen LogP contribution in [0.3, 0.4) is 0 Å². The van der Waals surface area contributed by atoms with E-state index in [0.29, 0.717) is 22.2 Å². The number of hydrogen-bond donors (Lipinski definition) is 0. The van der Waals surface area contributed by atoms with Gasteiger partial charge in [0.15, 0.2) is 5.78 Å². The lowest BCUT2D eigenvalue weighted by Crippen LogP contribution is -2.41. The third kappa shape index (κ3) is 3.84. The van der Waals surface area contributed by atoms with Crippen LogP contribution < -0.4 is 11.2 Å². The molecule has 0 saturated heterocycles. The molecule has 0 fully saturated rings. The molecule has 5 nitrogen and oxygen atoms in total. The average Bonchev–Trinajstić information content (AvgIpc) is 3.22. The topological polar surface area (TPSA) is 61.1 Å². The van der Waals surface area contributed by atoms with Gasteiger partial charge in [-0.25, -0.2) is 4.79 Å². The van der Waals surface area contributed by atoms with Crippen LogP contribution in [0.1, 0.15) is 21.5 Å². The molecule has 4 aromatic rings. The lowest BCUT2D eigenvalue weighted by Gasteiger charge is -2.12. The van der Waals surface area contributed by atoms with Crippen molar-refractivity contribution in [3.63, 3.8) is 0 Å². The highest BCUT2D eigenvalue weighted by Crippen LogP contribution is 2.16. The van der Waals surface area contributed by atoms with Gasteiger partial charge in [-0.3, -0.25) is 18.7 Å². The molecule has 0 aliphatic rings. The number of hydrogen-bond acceptors (Lipinski definition) is 4. The molecule has 0 amide bonds. The average molecular weight is 404 g/mol. The van der Waals surface area contributed by atoms with Crippen LogP contribution >= 0.6 is 11.3 Å². The molecule has 0 saturated carbocycles. The number of benzene rings is 2. The molecular weight excluding hydrogens is 384 g/mol. The minimum absolute atomic E-state index is 0.0965. The zero-order valence-corrected chi connectivity index (χ0v) is 16.8. The van der Waals surface area contributed by atoms with E-state index in [-0.39, 0.29) is 24.4 Å². The summed E-state index contributed by atoms with van der Waals surface area (Å²) < 4.78 is 3.16. The fourth-order valence-corrected chi connectivity index (χ4v) is 4.19. The number of Topliss-reactive ketones (excluding diaryl/α,β-unsaturated/α-hetero) is 1. The summed E-state index contributed by atoms with van der Waals surface area (Å²) >= 11 is 1.29. The number of carbonyl (C=O) groups is 1. The summed E-state index contributed by atoms with van der Waals surface area (Å²) in [4.78, 5) is 38.7. The van der Waals surface area contributed by atoms with Crippen LogP contribution in [0.2, 0.25) is 0 Å². The Morgan fingerprint density at radius 1 is 0.931 bits per heavy atom. The predicted molar refractivity (Wildman–Crippen MR) is 116 cm³/mol. The summed E-state index contributed by atoms with van der Waals surface area (Å²) in [5, 5.41) is 1.78. The van der Waals surface area contributed by atoms with Crippen molar-refractivity contribution >= 4 is 27.3 Å². The maximum Gasteiger partial charge on any atom is 0.331 e. The van der Waals surface area contributed by atoms with E-state index in [1.54, 1.807) is 23.6 Å². The second-order valence-corrected chi connectivity index (χ2v) is 7.90. The molecule has 0 atom stereocenters. The van der Waals surface area contributed by atoms with Gasteiger partial charge in [0.25, 0.3) is 5.56 Å². The number of thiophene rings is 1. The number of ketones is 1. The SMILES string of the molecule is Cc1ccc(C(=O)Cn2c(=O)n(CCc3ccccc3)c(=O)c3sccc32)cc1. The molecule has 146 valence electrons. The molecule has 0 unspecified atom stereocenters. The molecule has 0 radical (unpaired) electrons. The smallest absolute Gasteiger partial charge is 0.292 e. The zero-order chi connectivity index (χ0) is 20.4. The van der Waals surface area contributed by atoms with Crippen molar-refractivity contribution in [3.05, 3.63) is 104 Å². The summed E-state index contributed by atoms with van der Waals surface area (Å²) in [7, 11) is 0. The highest BCUT2D eigenvalue weighted by atomic mass is 32.1. The maximum absolute atomic E-state index is 13.1. The van der Waals surface area contributed by atoms with Gasteiger partial charge in [-0.05, 0) is 30.4 Å². The molecule has 0 aliphatic heterocycles. The molecular formula is C23H20N2O3S. The van der Waals surface area contributed by atoms with Crippen molar-refractivity contribution in [3.8, 4) is 0 Å². The van der Waals surface area contributed by atoms with Gasteiger partial charge in [-0.1, -0.05) is 60.2 Å². The number of carbonyl (C=O) groups excluding carboxylic acids is 1. The summed E-state index contributed by atoms with van der Waals surface area (Å²) in [5.74, 6) is -0.159. The highest BCUT2D eigenvalue weighted by Gasteiger charge is 2.17. The minimum Gasteiger partial charge on any atom is -0.292 e. The fourth-order valence-electron chi connectivity index (χ4n) is 3.34. The lowest BCUT2D eigenvalue weighted by molar-refractivity contribution is 0.0971. The molecule has 0 aliphatic carbocycles. The molecule has 4 rings (SSSR count). The van der Waals surface area contributed by atoms with E-state index in [2.05, 4.69) is 0 Å². The van der Waals surface area contributed by atoms with Gasteiger partial charge >= 0.3 is 5.69 Å². The van der Waals surface area contributed by atoms with E-state index in [9.17, 15) is 14.4 Å². The molecule has 0 bridgehead atoms. The predicted octanol–water partition coefficient (Wildman–Crippen LogP) is 3.66. The van der Waals surface area contributed by atoms with E-state index in [4.69, 9.17) is 0 Å². The molecule has 2 aromatic heterocycles. The van der Waals surface area contributed by atoms with Gasteiger partial charge in [0.2, 0.25) is 0 Å². The molecule has 6 heteroatoms. The Hall–Kier alpha value is -3.25. The van der Waals surface area contributed by atoms with Crippen molar-refractivity contribution in [2.24, 2.45) is 0 Å². The zero-order valence-electron chi connectivity index (χ0n) is 16.0. The first-order valence-corrected chi connectivity index (χ1v) is 10.3. The Bertz CT molecular complexity index is 1280. The highest BCUT2D eigenvalue weighted by molar-refractivity contribution is 7.17. The van der Waals surface area contributed by atoms with Gasteiger partial charge in [-0.15, -0.1) is 11.3 Å². The van der Waals surface area contributed by atoms with Crippen molar-refractivity contribution in [2.75, 3.05) is 0 Å². The first-order valence-electron chi connectivity index (χ1n) is 9.39. The third-order valence-corrected chi connectivity index (χ3v) is 5.87. The van der Waals surface area contributed by atoms with Gasteiger partial charge in [-0.2, -0.15) is 0 Å². The first-order chi connectivity index (χ1) is 14.0. The van der Waals surface area contributed by atoms with Gasteiger partial charge in [0.05, 0.1) is 12.1 Å². The molecule has 29 heavy (non-hydrogen) atoms. The Balaban J connectivity index is 1.72. The Morgan fingerprint density at radius 2 is 1.66 bits per heavy atom. The Kier molecular flexibility index (Phi) is 5.27. The quantitative estimate of drug-likeness (QED) is 0.461. The molecule has 0 N–H and O–H groups in total. The normalized spacial score (nSPS) is 11.1. The van der Waals surface area contributed by atoms with E-state index in [1.807, 2.05) is 49.4 Å². The van der Waals surface area contributed by atoms with Crippen LogP contribution in [-0.2, 0) is 19.5 Å². The largest absolute Gasteiger partial charge is 0.331 e. The number of fused-ring (bicyclic) bond motifs is 1. The van der Waals surface area contributed by atoms with Crippen LogP contribution in [0.25, 0.3) is 10.2 Å². The van der Waals surface area contributed by atoms with E-state index >= 15 is 0 Å². The van der Waals surface area contributed by atoms with Gasteiger partial charge in [0, 0.05) is 12.1 Å². The van der Waals surface area contributed by atoms with Gasteiger partial charge in [0.1, 0.15) is 4.70 Å². The third-order valence-electron chi connectivity index (χ3n) is 4.98. The fraction of sp³-hybridized carbons (Fsp3) is 0.174. The summed E-state index contributed by atoms with van der Waals surface area (Å²) in [5.41, 5.74) is 2.43. The second kappa shape index (κ2) is 8.01. The molecule has 2 aromatic carbocycles. The van der Waals surface area contributed by atoms with Crippen LogP contribution in [0.15, 0.2) is 75.6 Å². The van der Waals surface area contributed by atoms with Crippen molar-refractivity contribution in [1.82, 2.24) is 9.13 Å². The lowest BCUT2D eigenvalue weighted by atomic mass is 10.1. The van der Waals surface area contributed by atoms with Crippen molar-refractivity contribution < 1.29 is 4.79 Å². The number of aryl methyl sites for hydroxylation is 2. The standard InChI is InChI=1S/C23H20N2O3S/c1-16-7-9-18(10-8-16)20(26)15-25-19-12-14-29-21(19)22(27)24(23(25)28)13-11-17-5-3-2-4-6-17/h2-10,12,14H,11,13,15H2,1H3. The van der Waals surface area contributed by atoms with Crippen LogP contribution in [0, 0.1) is 6.92 Å². The van der Waals surface area contributed by atoms with E-state index in [0.717, 1.165) is 11.1 Å². The summed E-state index contributed by atoms with van der Waals surface area (Å²) in [6.45, 7) is 2.13. The second-order valence-electron chi connectivity index (χ2n) is 6.99. The Morgan fingerprint density at radius 3 is 2.38 bits per heavy atom. The number of nitrogens with zero attached hydrogens (tertiary/aromatic N) is 2. The van der Waals surface area contributed by atoms with E-state index in [1.165, 1.54) is 20.5 Å². The molecule has 0 spiro atoms. The van der Waals surface area contributed by atoms with Crippen LogP contribution in [0.5, 0.6) is 0 Å². The maximum atomic E-state index is 13.1. The minimum atomic E-state index is -0.447. The van der Waals surface area contributed by atoms with Crippen molar-refractivity contribution in [1.29, 1.82) is 0 Å². The van der Waals surface area contributed by atoms with E-state index < -0.39 is 5.69 Å². The van der Waals surface area contributed by atoms with Crippen LogP contribution in [-0.4, -0.2) is 14.9 Å². The van der Waals surface area contributed by atoms with Gasteiger partial charge < -0.3 is 0 Å². The molecule has 2 heterocycles. The van der Waals surface area contributed by atoms with Crippen LogP contribution in [0.4, 0.5) is 0 Å². The first kappa shape index (κ1) is 19.1. The Labute approximate surface area is 171 Å². The summed E-state index contributed by atoms with van der Waals surface area (Å²) in [6.07, 6.45) is 0.568. The summed E-state index contributed by atoms with van der Waals surface area (Å²) in [6, 6.07) is 18.7. The van der Waals surface area contributed by atoms with Crippen molar-refractivity contribution in [2.45, 2.75) is 26.4 Å². The number of rotatable bonds is 6. The monoisotopic (exact) mass is 404 g/mol.